The summed E-state index contributed by atoms with van der Waals surface area (Å²) in [4.78, 5) is 16.4. The molecule has 0 saturated carbocycles. The van der Waals surface area contributed by atoms with Crippen LogP contribution < -0.4 is 5.32 Å². The largest absolute Gasteiger partial charge is 0.443 e. The van der Waals surface area contributed by atoms with E-state index in [0.29, 0.717) is 18.7 Å². The van der Waals surface area contributed by atoms with E-state index < -0.39 is 12.4 Å². The van der Waals surface area contributed by atoms with E-state index in [4.69, 9.17) is 14.9 Å². The number of alkyl carbamates (subject to hydrolysis) is 1. The lowest BCUT2D eigenvalue weighted by atomic mass is 10.1. The number of hydrogen-bond acceptors (Lipinski definition) is 5. The number of ether oxygens (including phenoxy) is 1. The Morgan fingerprint density at radius 3 is 2.70 bits per heavy atom. The van der Waals surface area contributed by atoms with Crippen molar-refractivity contribution in [3.8, 4) is 0 Å². The SMILES string of the molecule is O=C(NCc1cccc(CCC(O)O)c1)OCc1ccc2ccccc2n1. The molecule has 27 heavy (non-hydrogen) atoms. The molecule has 6 nitrogen and oxygen atoms in total. The van der Waals surface area contributed by atoms with Crippen LogP contribution >= 0.6 is 0 Å². The lowest BCUT2D eigenvalue weighted by Crippen LogP contribution is -2.23. The van der Waals surface area contributed by atoms with Gasteiger partial charge in [0.15, 0.2) is 6.29 Å². The van der Waals surface area contributed by atoms with Crippen LogP contribution in [0, 0.1) is 0 Å². The summed E-state index contributed by atoms with van der Waals surface area (Å²) in [6, 6.07) is 19.2. The predicted molar refractivity (Wildman–Crippen MR) is 102 cm³/mol. The zero-order valence-electron chi connectivity index (χ0n) is 14.8. The summed E-state index contributed by atoms with van der Waals surface area (Å²) in [6.07, 6.45) is -0.993. The molecule has 0 aliphatic rings. The summed E-state index contributed by atoms with van der Waals surface area (Å²) < 4.78 is 5.23. The molecule has 0 unspecified atom stereocenters. The van der Waals surface area contributed by atoms with Crippen molar-refractivity contribution in [2.24, 2.45) is 0 Å². The Balaban J connectivity index is 1.48. The lowest BCUT2D eigenvalue weighted by Gasteiger charge is -2.09. The van der Waals surface area contributed by atoms with E-state index in [1.165, 1.54) is 0 Å². The summed E-state index contributed by atoms with van der Waals surface area (Å²) in [5.41, 5.74) is 3.45. The van der Waals surface area contributed by atoms with Crippen molar-refractivity contribution in [3.05, 3.63) is 77.5 Å². The van der Waals surface area contributed by atoms with Crippen molar-refractivity contribution in [1.82, 2.24) is 10.3 Å². The molecule has 0 aliphatic heterocycles. The standard InChI is InChI=1S/C21H22N2O4/c24-20(25)11-8-15-4-3-5-16(12-15)13-22-21(26)27-14-18-10-9-17-6-1-2-7-19(17)23-18/h1-7,9-10,12,20,24-25H,8,11,13-14H2,(H,22,26). The zero-order valence-corrected chi connectivity index (χ0v) is 14.8. The van der Waals surface area contributed by atoms with Crippen LogP contribution in [-0.2, 0) is 24.3 Å². The molecule has 3 aromatic rings. The second kappa shape index (κ2) is 9.12. The number of hydrogen-bond donors (Lipinski definition) is 3. The van der Waals surface area contributed by atoms with E-state index in [0.717, 1.165) is 22.0 Å². The first kappa shape index (κ1) is 18.8. The summed E-state index contributed by atoms with van der Waals surface area (Å²) in [5, 5.41) is 21.6. The number of fused-ring (bicyclic) bond motifs is 1. The van der Waals surface area contributed by atoms with Gasteiger partial charge < -0.3 is 20.3 Å². The van der Waals surface area contributed by atoms with Crippen LogP contribution in [0.4, 0.5) is 4.79 Å². The number of aliphatic hydroxyl groups excluding tert-OH is 1. The number of para-hydroxylation sites is 1. The molecule has 140 valence electrons. The van der Waals surface area contributed by atoms with Gasteiger partial charge in [0, 0.05) is 18.4 Å². The second-order valence-electron chi connectivity index (χ2n) is 6.26. The fraction of sp³-hybridized carbons (Fsp3) is 0.238. The molecule has 6 heteroatoms. The van der Waals surface area contributed by atoms with Crippen molar-refractivity contribution in [2.45, 2.75) is 32.3 Å². The molecular formula is C21H22N2O4. The number of aromatic nitrogens is 1. The molecule has 2 aromatic carbocycles. The molecule has 1 heterocycles. The van der Waals surface area contributed by atoms with Crippen LogP contribution in [-0.4, -0.2) is 27.6 Å². The van der Waals surface area contributed by atoms with E-state index in [9.17, 15) is 4.79 Å². The quantitative estimate of drug-likeness (QED) is 0.559. The predicted octanol–water partition coefficient (Wildman–Crippen LogP) is 2.90. The number of nitrogens with one attached hydrogen (secondary N) is 1. The van der Waals surface area contributed by atoms with Gasteiger partial charge in [-0.15, -0.1) is 0 Å². The van der Waals surface area contributed by atoms with Crippen molar-refractivity contribution in [2.75, 3.05) is 0 Å². The van der Waals surface area contributed by atoms with Gasteiger partial charge in [0.1, 0.15) is 6.61 Å². The highest BCUT2D eigenvalue weighted by Gasteiger charge is 2.06. The zero-order chi connectivity index (χ0) is 19.1. The minimum absolute atomic E-state index is 0.102. The first-order chi connectivity index (χ1) is 13.1. The van der Waals surface area contributed by atoms with E-state index in [1.807, 2.05) is 60.7 Å². The normalized spacial score (nSPS) is 10.9. The molecule has 0 spiro atoms. The third-order valence-electron chi connectivity index (χ3n) is 4.13. The maximum absolute atomic E-state index is 11.9. The number of amides is 1. The number of carbonyl (C=O) groups is 1. The van der Waals surface area contributed by atoms with E-state index in [-0.39, 0.29) is 13.0 Å². The van der Waals surface area contributed by atoms with Gasteiger partial charge in [0.2, 0.25) is 0 Å². The van der Waals surface area contributed by atoms with Crippen molar-refractivity contribution >= 4 is 17.0 Å². The summed E-state index contributed by atoms with van der Waals surface area (Å²) >= 11 is 0. The van der Waals surface area contributed by atoms with Gasteiger partial charge in [-0.05, 0) is 29.7 Å². The number of aryl methyl sites for hydroxylation is 1. The average molecular weight is 366 g/mol. The van der Waals surface area contributed by atoms with Gasteiger partial charge in [-0.2, -0.15) is 0 Å². The number of benzene rings is 2. The second-order valence-corrected chi connectivity index (χ2v) is 6.26. The maximum Gasteiger partial charge on any atom is 0.407 e. The van der Waals surface area contributed by atoms with E-state index >= 15 is 0 Å². The Hall–Kier alpha value is -2.96. The van der Waals surface area contributed by atoms with Crippen LogP contribution in [0.5, 0.6) is 0 Å². The molecule has 0 aliphatic carbocycles. The van der Waals surface area contributed by atoms with Crippen molar-refractivity contribution in [1.29, 1.82) is 0 Å². The Kier molecular flexibility index (Phi) is 6.35. The molecule has 0 saturated heterocycles. The molecule has 1 aromatic heterocycles. The van der Waals surface area contributed by atoms with Crippen LogP contribution in [0.3, 0.4) is 0 Å². The number of carbonyl (C=O) groups excluding carboxylic acids is 1. The minimum Gasteiger partial charge on any atom is -0.443 e. The molecule has 3 rings (SSSR count). The van der Waals surface area contributed by atoms with Gasteiger partial charge in [0.25, 0.3) is 0 Å². The first-order valence-corrected chi connectivity index (χ1v) is 8.79. The molecule has 0 fully saturated rings. The minimum atomic E-state index is -1.31. The Bertz CT molecular complexity index is 911. The highest BCUT2D eigenvalue weighted by molar-refractivity contribution is 5.78. The molecule has 0 bridgehead atoms. The fourth-order valence-corrected chi connectivity index (χ4v) is 2.74. The average Bonchev–Trinajstić information content (AvgIpc) is 2.69. The van der Waals surface area contributed by atoms with E-state index in [1.54, 1.807) is 0 Å². The Morgan fingerprint density at radius 1 is 1.04 bits per heavy atom. The smallest absolute Gasteiger partial charge is 0.407 e. The van der Waals surface area contributed by atoms with Gasteiger partial charge in [-0.25, -0.2) is 9.78 Å². The van der Waals surface area contributed by atoms with Gasteiger partial charge in [-0.1, -0.05) is 48.5 Å². The van der Waals surface area contributed by atoms with Crippen LogP contribution in [0.15, 0.2) is 60.7 Å². The monoisotopic (exact) mass is 366 g/mol. The molecular weight excluding hydrogens is 344 g/mol. The highest BCUT2D eigenvalue weighted by Crippen LogP contribution is 2.12. The topological polar surface area (TPSA) is 91.7 Å². The fourth-order valence-electron chi connectivity index (χ4n) is 2.74. The van der Waals surface area contributed by atoms with Gasteiger partial charge >= 0.3 is 6.09 Å². The summed E-state index contributed by atoms with van der Waals surface area (Å²) in [7, 11) is 0. The highest BCUT2D eigenvalue weighted by atomic mass is 16.5. The Morgan fingerprint density at radius 2 is 1.85 bits per heavy atom. The third kappa shape index (κ3) is 5.77. The Labute approximate surface area is 157 Å². The van der Waals surface area contributed by atoms with Gasteiger partial charge in [0.05, 0.1) is 11.2 Å². The number of rotatable bonds is 7. The first-order valence-electron chi connectivity index (χ1n) is 8.79. The third-order valence-corrected chi connectivity index (χ3v) is 4.13. The molecule has 0 radical (unpaired) electrons. The van der Waals surface area contributed by atoms with Crippen LogP contribution in [0.25, 0.3) is 10.9 Å². The molecule has 1 amide bonds. The number of aliphatic hydroxyl groups is 2. The van der Waals surface area contributed by atoms with Gasteiger partial charge in [-0.3, -0.25) is 0 Å². The van der Waals surface area contributed by atoms with E-state index in [2.05, 4.69) is 10.3 Å². The summed E-state index contributed by atoms with van der Waals surface area (Å²) in [6.45, 7) is 0.435. The number of nitrogens with zero attached hydrogens (tertiary/aromatic N) is 1. The number of pyridine rings is 1. The maximum atomic E-state index is 11.9. The summed E-state index contributed by atoms with van der Waals surface area (Å²) in [5.74, 6) is 0. The lowest BCUT2D eigenvalue weighted by molar-refractivity contribution is -0.0447. The molecule has 0 atom stereocenters. The van der Waals surface area contributed by atoms with Crippen LogP contribution in [0.2, 0.25) is 0 Å². The van der Waals surface area contributed by atoms with Crippen LogP contribution in [0.1, 0.15) is 23.2 Å². The molecule has 3 N–H and O–H groups in total. The van der Waals surface area contributed by atoms with Crippen molar-refractivity contribution < 1.29 is 19.7 Å². The van der Waals surface area contributed by atoms with Crippen molar-refractivity contribution in [3.63, 3.8) is 0 Å².